The molecule has 2 heterocycles. The highest BCUT2D eigenvalue weighted by Crippen LogP contribution is 2.33. The molecule has 0 N–H and O–H groups in total. The minimum Gasteiger partial charge on any atom is -0.475 e. The molecule has 132 valence electrons. The molecular weight excluding hydrogens is 318 g/mol. The smallest absolute Gasteiger partial charge is 0.264 e. The maximum Gasteiger partial charge on any atom is 0.264 e. The first kappa shape index (κ1) is 17.4. The molecule has 3 aromatic rings. The van der Waals surface area contributed by atoms with Gasteiger partial charge in [0.2, 0.25) is 5.58 Å². The van der Waals surface area contributed by atoms with Crippen molar-refractivity contribution in [1.82, 2.24) is 15.1 Å². The molecule has 0 bridgehead atoms. The molecule has 0 aliphatic heterocycles. The summed E-state index contributed by atoms with van der Waals surface area (Å²) in [4.78, 5) is 8.89. The van der Waals surface area contributed by atoms with Crippen LogP contribution < -0.4 is 4.74 Å². The summed E-state index contributed by atoms with van der Waals surface area (Å²) in [7, 11) is 1.70. The van der Waals surface area contributed by atoms with E-state index in [9.17, 15) is 0 Å². The fourth-order valence-electron chi connectivity index (χ4n) is 2.79. The van der Waals surface area contributed by atoms with E-state index in [0.717, 1.165) is 36.3 Å². The maximum atomic E-state index is 5.80. The molecule has 0 unspecified atom stereocenters. The normalized spacial score (nSPS) is 11.2. The molecule has 25 heavy (non-hydrogen) atoms. The summed E-state index contributed by atoms with van der Waals surface area (Å²) in [5.41, 5.74) is 5.25. The maximum absolute atomic E-state index is 5.80. The van der Waals surface area contributed by atoms with Crippen LogP contribution in [0.2, 0.25) is 0 Å². The van der Waals surface area contributed by atoms with Gasteiger partial charge in [0.1, 0.15) is 17.0 Å². The van der Waals surface area contributed by atoms with Crippen LogP contribution in [-0.4, -0.2) is 35.4 Å². The van der Waals surface area contributed by atoms with Crippen molar-refractivity contribution in [2.24, 2.45) is 0 Å². The molecule has 6 nitrogen and oxygen atoms in total. The van der Waals surface area contributed by atoms with E-state index >= 15 is 0 Å². The number of hydrogen-bond acceptors (Lipinski definition) is 6. The van der Waals surface area contributed by atoms with E-state index < -0.39 is 0 Å². The van der Waals surface area contributed by atoms with Crippen molar-refractivity contribution in [3.8, 4) is 17.1 Å². The summed E-state index contributed by atoms with van der Waals surface area (Å²) >= 11 is 0. The summed E-state index contributed by atoms with van der Waals surface area (Å²) < 4.78 is 16.4. The summed E-state index contributed by atoms with van der Waals surface area (Å²) in [6, 6.07) is 6.23. The Morgan fingerprint density at radius 1 is 1.04 bits per heavy atom. The predicted octanol–water partition coefficient (Wildman–Crippen LogP) is 4.02. The summed E-state index contributed by atoms with van der Waals surface area (Å²) in [5.74, 6) is 1.08. The van der Waals surface area contributed by atoms with E-state index in [1.54, 1.807) is 7.11 Å². The summed E-state index contributed by atoms with van der Waals surface area (Å²) in [6.07, 6.45) is 1.82. The van der Waals surface area contributed by atoms with Crippen LogP contribution in [0.25, 0.3) is 22.4 Å². The fraction of sp³-hybridized carbons (Fsp3) is 0.421. The molecular formula is C19H23N3O3. The van der Waals surface area contributed by atoms with Crippen molar-refractivity contribution in [3.63, 3.8) is 0 Å². The Kier molecular flexibility index (Phi) is 5.28. The van der Waals surface area contributed by atoms with Crippen molar-refractivity contribution in [1.29, 1.82) is 0 Å². The number of unbranched alkanes of at least 4 members (excludes halogenated alkanes) is 1. The molecule has 3 rings (SSSR count). The Morgan fingerprint density at radius 2 is 1.84 bits per heavy atom. The van der Waals surface area contributed by atoms with Gasteiger partial charge in [0.15, 0.2) is 0 Å². The number of aromatic nitrogens is 3. The van der Waals surface area contributed by atoms with Crippen LogP contribution >= 0.6 is 0 Å². The van der Waals surface area contributed by atoms with Crippen LogP contribution in [0.1, 0.15) is 29.8 Å². The van der Waals surface area contributed by atoms with Gasteiger partial charge in [-0.1, -0.05) is 28.9 Å². The van der Waals surface area contributed by atoms with Gasteiger partial charge >= 0.3 is 0 Å². The van der Waals surface area contributed by atoms with Crippen molar-refractivity contribution in [2.75, 3.05) is 20.3 Å². The molecule has 0 saturated heterocycles. The van der Waals surface area contributed by atoms with Crippen LogP contribution in [-0.2, 0) is 4.74 Å². The quantitative estimate of drug-likeness (QED) is 0.605. The first-order valence-electron chi connectivity index (χ1n) is 8.43. The lowest BCUT2D eigenvalue weighted by Crippen LogP contribution is -2.03. The number of methoxy groups -OCH3 is 1. The molecule has 0 aliphatic carbocycles. The number of fused-ring (bicyclic) bond motifs is 1. The lowest BCUT2D eigenvalue weighted by atomic mass is 10.0. The lowest BCUT2D eigenvalue weighted by molar-refractivity contribution is 0.183. The Balaban J connectivity index is 1.92. The zero-order chi connectivity index (χ0) is 17.8. The molecule has 6 heteroatoms. The molecule has 0 fully saturated rings. The van der Waals surface area contributed by atoms with Gasteiger partial charge in [-0.05, 0) is 39.2 Å². The topological polar surface area (TPSA) is 70.3 Å². The Morgan fingerprint density at radius 3 is 2.60 bits per heavy atom. The van der Waals surface area contributed by atoms with Crippen molar-refractivity contribution in [3.05, 3.63) is 35.2 Å². The molecule has 0 amide bonds. The molecule has 0 radical (unpaired) electrons. The number of aryl methyl sites for hydroxylation is 3. The van der Waals surface area contributed by atoms with E-state index in [-0.39, 0.29) is 0 Å². The van der Waals surface area contributed by atoms with E-state index in [4.69, 9.17) is 14.0 Å². The SMILES string of the molecule is COCCCCOc1nc(C)nc2c(-c3ccc(C)cc3C)noc12. The van der Waals surface area contributed by atoms with Gasteiger partial charge < -0.3 is 14.0 Å². The zero-order valence-corrected chi connectivity index (χ0v) is 15.1. The molecule has 0 aliphatic rings. The first-order chi connectivity index (χ1) is 12.1. The Hall–Kier alpha value is -2.47. The number of benzene rings is 1. The summed E-state index contributed by atoms with van der Waals surface area (Å²) in [5, 5.41) is 4.24. The van der Waals surface area contributed by atoms with E-state index in [1.165, 1.54) is 5.56 Å². The molecule has 0 saturated carbocycles. The van der Waals surface area contributed by atoms with Gasteiger partial charge in [-0.2, -0.15) is 4.98 Å². The van der Waals surface area contributed by atoms with Crippen LogP contribution in [0.4, 0.5) is 0 Å². The summed E-state index contributed by atoms with van der Waals surface area (Å²) in [6.45, 7) is 7.24. The van der Waals surface area contributed by atoms with Gasteiger partial charge in [0.25, 0.3) is 5.88 Å². The number of ether oxygens (including phenoxy) is 2. The van der Waals surface area contributed by atoms with E-state index in [2.05, 4.69) is 41.1 Å². The van der Waals surface area contributed by atoms with Gasteiger partial charge in [-0.3, -0.25) is 0 Å². The third kappa shape index (κ3) is 3.79. The molecule has 0 atom stereocenters. The highest BCUT2D eigenvalue weighted by atomic mass is 16.5. The predicted molar refractivity (Wildman–Crippen MR) is 95.9 cm³/mol. The third-order valence-corrected chi connectivity index (χ3v) is 4.02. The highest BCUT2D eigenvalue weighted by molar-refractivity contribution is 5.91. The monoisotopic (exact) mass is 341 g/mol. The minimum absolute atomic E-state index is 0.448. The number of rotatable bonds is 7. The third-order valence-electron chi connectivity index (χ3n) is 4.02. The van der Waals surface area contributed by atoms with Crippen LogP contribution in [0.15, 0.2) is 22.7 Å². The standard InChI is InChI=1S/C19H23N3O3/c1-12-7-8-15(13(2)11-12)16-17-18(25-22-16)19(21-14(3)20-17)24-10-6-5-9-23-4/h7-8,11H,5-6,9-10H2,1-4H3. The molecule has 1 aromatic carbocycles. The van der Waals surface area contributed by atoms with Crippen LogP contribution in [0.3, 0.4) is 0 Å². The van der Waals surface area contributed by atoms with E-state index in [1.807, 2.05) is 13.0 Å². The Labute approximate surface area is 147 Å². The fourth-order valence-corrected chi connectivity index (χ4v) is 2.79. The lowest BCUT2D eigenvalue weighted by Gasteiger charge is -2.06. The number of nitrogens with zero attached hydrogens (tertiary/aromatic N) is 3. The first-order valence-corrected chi connectivity index (χ1v) is 8.43. The average Bonchev–Trinajstić information content (AvgIpc) is 2.98. The second-order valence-corrected chi connectivity index (χ2v) is 6.15. The van der Waals surface area contributed by atoms with E-state index in [0.29, 0.717) is 29.4 Å². The van der Waals surface area contributed by atoms with Crippen molar-refractivity contribution in [2.45, 2.75) is 33.6 Å². The van der Waals surface area contributed by atoms with Crippen molar-refractivity contribution >= 4 is 11.1 Å². The molecule has 2 aromatic heterocycles. The zero-order valence-electron chi connectivity index (χ0n) is 15.1. The second-order valence-electron chi connectivity index (χ2n) is 6.15. The second kappa shape index (κ2) is 7.61. The minimum atomic E-state index is 0.448. The highest BCUT2D eigenvalue weighted by Gasteiger charge is 2.19. The molecule has 0 spiro atoms. The van der Waals surface area contributed by atoms with Gasteiger partial charge in [0.05, 0.1) is 6.61 Å². The largest absolute Gasteiger partial charge is 0.475 e. The van der Waals surface area contributed by atoms with Gasteiger partial charge in [-0.15, -0.1) is 0 Å². The number of hydrogen-bond donors (Lipinski definition) is 0. The van der Waals surface area contributed by atoms with Gasteiger partial charge in [0, 0.05) is 19.3 Å². The van der Waals surface area contributed by atoms with Crippen LogP contribution in [0.5, 0.6) is 5.88 Å². The van der Waals surface area contributed by atoms with Crippen molar-refractivity contribution < 1.29 is 14.0 Å². The van der Waals surface area contributed by atoms with Crippen LogP contribution in [0, 0.1) is 20.8 Å². The van der Waals surface area contributed by atoms with Gasteiger partial charge in [-0.25, -0.2) is 4.98 Å². The Bertz CT molecular complexity index is 874. The average molecular weight is 341 g/mol.